The first-order valence-electron chi connectivity index (χ1n) is 7.71. The van der Waals surface area contributed by atoms with Crippen LogP contribution < -0.4 is 10.2 Å². The zero-order valence-electron chi connectivity index (χ0n) is 13.8. The molecule has 1 fully saturated rings. The minimum atomic E-state index is -0.984. The molecule has 1 saturated heterocycles. The van der Waals surface area contributed by atoms with Crippen LogP contribution in [0.3, 0.4) is 0 Å². The summed E-state index contributed by atoms with van der Waals surface area (Å²) in [6, 6.07) is 3.76. The summed E-state index contributed by atoms with van der Waals surface area (Å²) < 4.78 is 0. The Bertz CT molecular complexity index is 698. The summed E-state index contributed by atoms with van der Waals surface area (Å²) in [5.74, 6) is -1.92. The number of urea groups is 1. The van der Waals surface area contributed by atoms with Crippen molar-refractivity contribution >= 4 is 46.8 Å². The number of carbonyl (C=O) groups is 3. The van der Waals surface area contributed by atoms with Crippen LogP contribution in [0.1, 0.15) is 13.3 Å². The second kappa shape index (κ2) is 7.93. The van der Waals surface area contributed by atoms with Gasteiger partial charge in [-0.2, -0.15) is 0 Å². The number of hydrogen-bond acceptors (Lipinski definition) is 3. The molecule has 1 aliphatic heterocycles. The number of carbonyl (C=O) groups excluding carboxylic acids is 2. The van der Waals surface area contributed by atoms with Crippen molar-refractivity contribution in [2.75, 3.05) is 25.0 Å². The fourth-order valence-corrected chi connectivity index (χ4v) is 2.85. The molecular weight excluding hydrogens is 369 g/mol. The first kappa shape index (κ1) is 19.3. The van der Waals surface area contributed by atoms with Crippen LogP contribution in [0.4, 0.5) is 10.5 Å². The van der Waals surface area contributed by atoms with Gasteiger partial charge < -0.3 is 20.2 Å². The normalized spacial score (nSPS) is 18.2. The molecule has 2 N–H and O–H groups in total. The van der Waals surface area contributed by atoms with Gasteiger partial charge in [0.25, 0.3) is 0 Å². The summed E-state index contributed by atoms with van der Waals surface area (Å²) >= 11 is 11.9. The molecule has 2 unspecified atom stereocenters. The highest BCUT2D eigenvalue weighted by molar-refractivity contribution is 6.42. The van der Waals surface area contributed by atoms with Gasteiger partial charge in [-0.3, -0.25) is 9.59 Å². The number of aliphatic carboxylic acids is 1. The van der Waals surface area contributed by atoms with Gasteiger partial charge in [0.2, 0.25) is 5.91 Å². The van der Waals surface area contributed by atoms with E-state index in [4.69, 9.17) is 28.3 Å². The molecule has 0 radical (unpaired) electrons. The van der Waals surface area contributed by atoms with Crippen LogP contribution in [0, 0.1) is 5.92 Å². The highest BCUT2D eigenvalue weighted by Gasteiger charge is 2.34. The minimum absolute atomic E-state index is 0.0542. The average molecular weight is 388 g/mol. The van der Waals surface area contributed by atoms with Crippen LogP contribution in [0.25, 0.3) is 0 Å². The zero-order chi connectivity index (χ0) is 18.7. The Hall–Kier alpha value is -1.99. The van der Waals surface area contributed by atoms with Gasteiger partial charge in [0.15, 0.2) is 0 Å². The molecule has 25 heavy (non-hydrogen) atoms. The molecule has 136 valence electrons. The van der Waals surface area contributed by atoms with E-state index < -0.39 is 24.0 Å². The van der Waals surface area contributed by atoms with Gasteiger partial charge in [0.05, 0.1) is 16.0 Å². The number of anilines is 1. The molecule has 1 aromatic rings. The summed E-state index contributed by atoms with van der Waals surface area (Å²) in [4.78, 5) is 38.3. The number of rotatable bonds is 5. The van der Waals surface area contributed by atoms with Crippen molar-refractivity contribution in [3.63, 3.8) is 0 Å². The lowest BCUT2D eigenvalue weighted by molar-refractivity contribution is -0.141. The molecule has 2 rings (SSSR count). The van der Waals surface area contributed by atoms with Gasteiger partial charge in [-0.1, -0.05) is 30.1 Å². The van der Waals surface area contributed by atoms with Crippen molar-refractivity contribution in [3.8, 4) is 0 Å². The third kappa shape index (κ3) is 4.55. The Morgan fingerprint density at radius 2 is 2.08 bits per heavy atom. The second-order valence-corrected chi connectivity index (χ2v) is 6.81. The summed E-state index contributed by atoms with van der Waals surface area (Å²) in [6.45, 7) is 2.01. The Kier molecular flexibility index (Phi) is 6.13. The smallest absolute Gasteiger partial charge is 0.317 e. The lowest BCUT2D eigenvalue weighted by Crippen LogP contribution is -2.48. The molecule has 1 aromatic carbocycles. The first-order valence-corrected chi connectivity index (χ1v) is 8.47. The van der Waals surface area contributed by atoms with E-state index in [0.29, 0.717) is 28.7 Å². The van der Waals surface area contributed by atoms with Crippen LogP contribution in [-0.4, -0.2) is 54.1 Å². The van der Waals surface area contributed by atoms with E-state index >= 15 is 0 Å². The standard InChI is InChI=1S/C16H19Cl2N3O4/c1-9(15(23)24)8-20(2)16(25)19-13-5-6-21(14(13)22)10-3-4-11(17)12(18)7-10/h3-4,7,9,13H,5-6,8H2,1-2H3,(H,19,25)(H,23,24). The number of nitrogens with zero attached hydrogens (tertiary/aromatic N) is 2. The molecule has 0 bridgehead atoms. The molecule has 2 atom stereocenters. The van der Waals surface area contributed by atoms with Gasteiger partial charge in [-0.15, -0.1) is 0 Å². The van der Waals surface area contributed by atoms with Gasteiger partial charge in [-0.05, 0) is 24.6 Å². The fraction of sp³-hybridized carbons (Fsp3) is 0.438. The highest BCUT2D eigenvalue weighted by Crippen LogP contribution is 2.29. The maximum absolute atomic E-state index is 12.5. The molecule has 3 amide bonds. The Balaban J connectivity index is 1.98. The monoisotopic (exact) mass is 387 g/mol. The summed E-state index contributed by atoms with van der Waals surface area (Å²) in [7, 11) is 1.49. The number of benzene rings is 1. The van der Waals surface area contributed by atoms with Gasteiger partial charge >= 0.3 is 12.0 Å². The zero-order valence-corrected chi connectivity index (χ0v) is 15.3. The van der Waals surface area contributed by atoms with Crippen LogP contribution in [0.2, 0.25) is 10.0 Å². The van der Waals surface area contributed by atoms with E-state index in [0.717, 1.165) is 0 Å². The number of hydrogen-bond donors (Lipinski definition) is 2. The number of carboxylic acid groups (broad SMARTS) is 1. The van der Waals surface area contributed by atoms with Gasteiger partial charge in [0, 0.05) is 25.8 Å². The van der Waals surface area contributed by atoms with Gasteiger partial charge in [-0.25, -0.2) is 4.79 Å². The molecule has 1 heterocycles. The first-order chi connectivity index (χ1) is 11.7. The quantitative estimate of drug-likeness (QED) is 0.811. The summed E-state index contributed by atoms with van der Waals surface area (Å²) in [6.07, 6.45) is 0.452. The molecule has 0 saturated carbocycles. The van der Waals surface area contributed by atoms with Crippen LogP contribution >= 0.6 is 23.2 Å². The highest BCUT2D eigenvalue weighted by atomic mass is 35.5. The van der Waals surface area contributed by atoms with Crippen LogP contribution in [0.15, 0.2) is 18.2 Å². The van der Waals surface area contributed by atoms with E-state index in [1.54, 1.807) is 18.2 Å². The molecule has 7 nitrogen and oxygen atoms in total. The lowest BCUT2D eigenvalue weighted by atomic mass is 10.2. The third-order valence-corrected chi connectivity index (χ3v) is 4.77. The fourth-order valence-electron chi connectivity index (χ4n) is 2.55. The number of amides is 3. The number of nitrogens with one attached hydrogen (secondary N) is 1. The minimum Gasteiger partial charge on any atom is -0.481 e. The van der Waals surface area contributed by atoms with Crippen molar-refractivity contribution < 1.29 is 19.5 Å². The molecule has 0 aliphatic carbocycles. The Labute approximate surface area is 155 Å². The topological polar surface area (TPSA) is 90.0 Å². The number of carboxylic acids is 1. The van der Waals surface area contributed by atoms with E-state index in [2.05, 4.69) is 5.32 Å². The third-order valence-electron chi connectivity index (χ3n) is 4.03. The van der Waals surface area contributed by atoms with Crippen molar-refractivity contribution in [1.29, 1.82) is 0 Å². The Morgan fingerprint density at radius 1 is 1.40 bits per heavy atom. The van der Waals surface area contributed by atoms with E-state index in [9.17, 15) is 14.4 Å². The van der Waals surface area contributed by atoms with Crippen molar-refractivity contribution in [2.24, 2.45) is 5.92 Å². The second-order valence-electron chi connectivity index (χ2n) is 6.00. The maximum Gasteiger partial charge on any atom is 0.317 e. The van der Waals surface area contributed by atoms with Gasteiger partial charge in [0.1, 0.15) is 6.04 Å². The van der Waals surface area contributed by atoms with Crippen molar-refractivity contribution in [2.45, 2.75) is 19.4 Å². The summed E-state index contributed by atoms with van der Waals surface area (Å²) in [5.41, 5.74) is 0.615. The number of halogens is 2. The molecule has 0 spiro atoms. The molecule has 9 heteroatoms. The predicted molar refractivity (Wildman–Crippen MR) is 95.2 cm³/mol. The molecular formula is C16H19Cl2N3O4. The predicted octanol–water partition coefficient (Wildman–Crippen LogP) is 2.46. The maximum atomic E-state index is 12.5. The Morgan fingerprint density at radius 3 is 2.68 bits per heavy atom. The largest absolute Gasteiger partial charge is 0.481 e. The van der Waals surface area contributed by atoms with E-state index in [-0.39, 0.29) is 12.5 Å². The summed E-state index contributed by atoms with van der Waals surface area (Å²) in [5, 5.41) is 12.3. The molecule has 1 aliphatic rings. The molecule has 0 aromatic heterocycles. The van der Waals surface area contributed by atoms with E-state index in [1.165, 1.54) is 23.8 Å². The van der Waals surface area contributed by atoms with Crippen molar-refractivity contribution in [3.05, 3.63) is 28.2 Å². The average Bonchev–Trinajstić information content (AvgIpc) is 2.90. The van der Waals surface area contributed by atoms with Crippen LogP contribution in [-0.2, 0) is 9.59 Å². The lowest BCUT2D eigenvalue weighted by Gasteiger charge is -2.22. The van der Waals surface area contributed by atoms with E-state index in [1.807, 2.05) is 0 Å². The van der Waals surface area contributed by atoms with Crippen molar-refractivity contribution in [1.82, 2.24) is 10.2 Å². The SMILES string of the molecule is CC(CN(C)C(=O)NC1CCN(c2ccc(Cl)c(Cl)c2)C1=O)C(=O)O. The van der Waals surface area contributed by atoms with Crippen LogP contribution in [0.5, 0.6) is 0 Å².